The summed E-state index contributed by atoms with van der Waals surface area (Å²) in [5.74, 6) is 0.552. The second kappa shape index (κ2) is 9.53. The van der Waals surface area contributed by atoms with Crippen molar-refractivity contribution in [1.82, 2.24) is 10.6 Å². The third-order valence-corrected chi connectivity index (χ3v) is 3.37. The lowest BCUT2D eigenvalue weighted by molar-refractivity contribution is -0.121. The smallest absolute Gasteiger partial charge is 0.234 e. The van der Waals surface area contributed by atoms with E-state index >= 15 is 0 Å². The molecule has 0 aliphatic rings. The number of hydrogen-bond acceptors (Lipinski definition) is 3. The number of rotatable bonds is 9. The monoisotopic (exact) mass is 292 g/mol. The molecule has 4 heteroatoms. The van der Waals surface area contributed by atoms with Crippen molar-refractivity contribution in [3.05, 3.63) is 35.4 Å². The van der Waals surface area contributed by atoms with Crippen LogP contribution in [-0.4, -0.2) is 32.7 Å². The molecule has 1 aromatic rings. The van der Waals surface area contributed by atoms with E-state index in [0.717, 1.165) is 6.42 Å². The van der Waals surface area contributed by atoms with Crippen LogP contribution < -0.4 is 10.6 Å². The average molecular weight is 292 g/mol. The molecule has 1 amide bonds. The maximum atomic E-state index is 12.1. The Morgan fingerprint density at radius 1 is 1.29 bits per heavy atom. The van der Waals surface area contributed by atoms with Crippen LogP contribution in [-0.2, 0) is 9.53 Å². The summed E-state index contributed by atoms with van der Waals surface area (Å²) in [5.41, 5.74) is 2.42. The minimum Gasteiger partial charge on any atom is -0.383 e. The van der Waals surface area contributed by atoms with E-state index in [0.29, 0.717) is 25.6 Å². The Morgan fingerprint density at radius 2 is 2.00 bits per heavy atom. The van der Waals surface area contributed by atoms with Crippen molar-refractivity contribution in [3.8, 4) is 0 Å². The largest absolute Gasteiger partial charge is 0.383 e. The highest BCUT2D eigenvalue weighted by Gasteiger charge is 2.17. The van der Waals surface area contributed by atoms with Crippen LogP contribution in [0.2, 0.25) is 0 Å². The molecule has 0 bridgehead atoms. The molecule has 1 aromatic carbocycles. The van der Waals surface area contributed by atoms with Crippen molar-refractivity contribution in [2.75, 3.05) is 26.8 Å². The fourth-order valence-corrected chi connectivity index (χ4v) is 2.33. The SMILES string of the molecule is COCCNCC(=O)NC(CC(C)C)c1ccccc1C. The number of nitrogens with one attached hydrogen (secondary N) is 2. The molecule has 0 aliphatic carbocycles. The van der Waals surface area contributed by atoms with Gasteiger partial charge in [-0.2, -0.15) is 0 Å². The van der Waals surface area contributed by atoms with Gasteiger partial charge in [-0.1, -0.05) is 38.1 Å². The summed E-state index contributed by atoms with van der Waals surface area (Å²) >= 11 is 0. The minimum absolute atomic E-state index is 0.0278. The van der Waals surface area contributed by atoms with Gasteiger partial charge in [0, 0.05) is 13.7 Å². The van der Waals surface area contributed by atoms with Gasteiger partial charge >= 0.3 is 0 Å². The first kappa shape index (κ1) is 17.7. The molecule has 1 unspecified atom stereocenters. The van der Waals surface area contributed by atoms with E-state index in [9.17, 15) is 4.79 Å². The maximum Gasteiger partial charge on any atom is 0.234 e. The zero-order valence-corrected chi connectivity index (χ0v) is 13.6. The predicted molar refractivity (Wildman–Crippen MR) is 86.3 cm³/mol. The Balaban J connectivity index is 2.62. The fourth-order valence-electron chi connectivity index (χ4n) is 2.33. The van der Waals surface area contributed by atoms with Gasteiger partial charge in [0.25, 0.3) is 0 Å². The molecule has 0 spiro atoms. The lowest BCUT2D eigenvalue weighted by atomic mass is 9.94. The average Bonchev–Trinajstić information content (AvgIpc) is 2.43. The summed E-state index contributed by atoms with van der Waals surface area (Å²) in [6.07, 6.45) is 0.939. The van der Waals surface area contributed by atoms with E-state index in [2.05, 4.69) is 43.5 Å². The highest BCUT2D eigenvalue weighted by Crippen LogP contribution is 2.23. The third kappa shape index (κ3) is 6.74. The fraction of sp³-hybridized carbons (Fsp3) is 0.588. The third-order valence-electron chi connectivity index (χ3n) is 3.37. The number of ether oxygens (including phenoxy) is 1. The summed E-state index contributed by atoms with van der Waals surface area (Å²) in [4.78, 5) is 12.1. The molecule has 0 saturated carbocycles. The molecule has 118 valence electrons. The van der Waals surface area contributed by atoms with Crippen LogP contribution in [0.15, 0.2) is 24.3 Å². The van der Waals surface area contributed by atoms with Crippen LogP contribution in [0, 0.1) is 12.8 Å². The van der Waals surface area contributed by atoms with Crippen LogP contribution in [0.5, 0.6) is 0 Å². The molecule has 0 saturated heterocycles. The zero-order valence-electron chi connectivity index (χ0n) is 13.6. The van der Waals surface area contributed by atoms with Gasteiger partial charge < -0.3 is 15.4 Å². The molecule has 0 aromatic heterocycles. The molecule has 4 nitrogen and oxygen atoms in total. The second-order valence-electron chi connectivity index (χ2n) is 5.78. The number of carbonyl (C=O) groups excluding carboxylic acids is 1. The van der Waals surface area contributed by atoms with E-state index in [1.54, 1.807) is 7.11 Å². The lowest BCUT2D eigenvalue weighted by Crippen LogP contribution is -2.38. The van der Waals surface area contributed by atoms with Crippen LogP contribution >= 0.6 is 0 Å². The standard InChI is InChI=1S/C17H28N2O2/c1-13(2)11-16(15-8-6-5-7-14(15)3)19-17(20)12-18-9-10-21-4/h5-8,13,16,18H,9-12H2,1-4H3,(H,19,20). The molecule has 0 radical (unpaired) electrons. The summed E-state index contributed by atoms with van der Waals surface area (Å²) in [6, 6.07) is 8.31. The number of benzene rings is 1. The van der Waals surface area contributed by atoms with Gasteiger partial charge in [-0.05, 0) is 30.4 Å². The quantitative estimate of drug-likeness (QED) is 0.687. The summed E-state index contributed by atoms with van der Waals surface area (Å²) < 4.78 is 4.95. The van der Waals surface area contributed by atoms with Crippen LogP contribution in [0.25, 0.3) is 0 Å². The Morgan fingerprint density at radius 3 is 2.62 bits per heavy atom. The second-order valence-corrected chi connectivity index (χ2v) is 5.78. The highest BCUT2D eigenvalue weighted by atomic mass is 16.5. The first-order valence-corrected chi connectivity index (χ1v) is 7.59. The van der Waals surface area contributed by atoms with Crippen LogP contribution in [0.1, 0.15) is 37.4 Å². The molecule has 0 aliphatic heterocycles. The minimum atomic E-state index is 0.0278. The molecule has 1 rings (SSSR count). The molecule has 21 heavy (non-hydrogen) atoms. The number of carbonyl (C=O) groups is 1. The van der Waals surface area contributed by atoms with Crippen molar-refractivity contribution in [1.29, 1.82) is 0 Å². The number of aryl methyl sites for hydroxylation is 1. The Kier molecular flexibility index (Phi) is 8.01. The summed E-state index contributed by atoms with van der Waals surface area (Å²) in [5, 5.41) is 6.21. The topological polar surface area (TPSA) is 50.4 Å². The Hall–Kier alpha value is -1.39. The highest BCUT2D eigenvalue weighted by molar-refractivity contribution is 5.78. The van der Waals surface area contributed by atoms with Crippen LogP contribution in [0.3, 0.4) is 0 Å². The van der Waals surface area contributed by atoms with Gasteiger partial charge in [0.2, 0.25) is 5.91 Å². The lowest BCUT2D eigenvalue weighted by Gasteiger charge is -2.23. The molecule has 1 atom stereocenters. The van der Waals surface area contributed by atoms with Crippen molar-refractivity contribution < 1.29 is 9.53 Å². The van der Waals surface area contributed by atoms with Gasteiger partial charge in [0.05, 0.1) is 19.2 Å². The van der Waals surface area contributed by atoms with Gasteiger partial charge in [0.1, 0.15) is 0 Å². The van der Waals surface area contributed by atoms with Crippen molar-refractivity contribution in [2.24, 2.45) is 5.92 Å². The number of hydrogen-bond donors (Lipinski definition) is 2. The first-order chi connectivity index (χ1) is 10.0. The van der Waals surface area contributed by atoms with E-state index in [-0.39, 0.29) is 11.9 Å². The molecule has 2 N–H and O–H groups in total. The Bertz CT molecular complexity index is 433. The van der Waals surface area contributed by atoms with Gasteiger partial charge in [-0.15, -0.1) is 0 Å². The van der Waals surface area contributed by atoms with Gasteiger partial charge in [-0.25, -0.2) is 0 Å². The predicted octanol–water partition coefficient (Wildman–Crippen LogP) is 2.43. The first-order valence-electron chi connectivity index (χ1n) is 7.59. The number of amides is 1. The molecular formula is C17H28N2O2. The van der Waals surface area contributed by atoms with Crippen LogP contribution in [0.4, 0.5) is 0 Å². The molecule has 0 fully saturated rings. The summed E-state index contributed by atoms with van der Waals surface area (Å²) in [6.45, 7) is 8.06. The van der Waals surface area contributed by atoms with E-state index in [4.69, 9.17) is 4.74 Å². The number of methoxy groups -OCH3 is 1. The van der Waals surface area contributed by atoms with Gasteiger partial charge in [-0.3, -0.25) is 4.79 Å². The van der Waals surface area contributed by atoms with E-state index in [1.165, 1.54) is 11.1 Å². The van der Waals surface area contributed by atoms with Gasteiger partial charge in [0.15, 0.2) is 0 Å². The summed E-state index contributed by atoms with van der Waals surface area (Å²) in [7, 11) is 1.65. The van der Waals surface area contributed by atoms with Crippen molar-refractivity contribution >= 4 is 5.91 Å². The van der Waals surface area contributed by atoms with E-state index < -0.39 is 0 Å². The normalized spacial score (nSPS) is 12.4. The Labute approximate surface area is 128 Å². The maximum absolute atomic E-state index is 12.1. The van der Waals surface area contributed by atoms with E-state index in [1.807, 2.05) is 12.1 Å². The van der Waals surface area contributed by atoms with Crippen molar-refractivity contribution in [3.63, 3.8) is 0 Å². The zero-order chi connectivity index (χ0) is 15.7. The molecular weight excluding hydrogens is 264 g/mol. The molecule has 0 heterocycles. The van der Waals surface area contributed by atoms with Crippen molar-refractivity contribution in [2.45, 2.75) is 33.2 Å².